The predicted octanol–water partition coefficient (Wildman–Crippen LogP) is 4.57. The number of hydrogen-bond donors (Lipinski definition) is 1. The van der Waals surface area contributed by atoms with Gasteiger partial charge in [0, 0.05) is 4.88 Å². The summed E-state index contributed by atoms with van der Waals surface area (Å²) in [5, 5.41) is 5.06. The van der Waals surface area contributed by atoms with E-state index in [4.69, 9.17) is 4.74 Å². The molecule has 4 nitrogen and oxygen atoms in total. The van der Waals surface area contributed by atoms with Gasteiger partial charge in [0.1, 0.15) is 0 Å². The Morgan fingerprint density at radius 2 is 1.66 bits per heavy atom. The summed E-state index contributed by atoms with van der Waals surface area (Å²) in [6.07, 6.45) is 6.06. The molecule has 0 aliphatic heterocycles. The molecule has 4 saturated carbocycles. The Balaban J connectivity index is 1.21. The van der Waals surface area contributed by atoms with Gasteiger partial charge in [-0.3, -0.25) is 9.59 Å². The molecule has 5 heteroatoms. The Kier molecular flexibility index (Phi) is 5.17. The van der Waals surface area contributed by atoms with Crippen molar-refractivity contribution in [3.05, 3.63) is 58.3 Å². The van der Waals surface area contributed by atoms with Gasteiger partial charge >= 0.3 is 5.97 Å². The fraction of sp³-hybridized carbons (Fsp3) is 0.500. The Morgan fingerprint density at radius 3 is 2.28 bits per heavy atom. The Bertz CT molecular complexity index is 836. The maximum atomic E-state index is 12.8. The van der Waals surface area contributed by atoms with E-state index in [-0.39, 0.29) is 30.4 Å². The summed E-state index contributed by atoms with van der Waals surface area (Å²) in [4.78, 5) is 26.5. The number of thiophene rings is 1. The molecule has 152 valence electrons. The molecule has 1 amide bonds. The minimum Gasteiger partial charge on any atom is -0.455 e. The van der Waals surface area contributed by atoms with Crippen LogP contribution in [-0.2, 0) is 14.3 Å². The summed E-state index contributed by atoms with van der Waals surface area (Å²) < 4.78 is 5.54. The lowest BCUT2D eigenvalue weighted by atomic mass is 9.52. The monoisotopic (exact) mass is 409 g/mol. The van der Waals surface area contributed by atoms with E-state index in [9.17, 15) is 9.59 Å². The lowest BCUT2D eigenvalue weighted by Gasteiger charge is -2.53. The maximum absolute atomic E-state index is 12.8. The van der Waals surface area contributed by atoms with Gasteiger partial charge in [-0.2, -0.15) is 0 Å². The molecular formula is C24H27NO3S. The van der Waals surface area contributed by atoms with Crippen LogP contribution in [-0.4, -0.2) is 18.5 Å². The van der Waals surface area contributed by atoms with Crippen molar-refractivity contribution in [3.63, 3.8) is 0 Å². The smallest absolute Gasteiger partial charge is 0.310 e. The standard InChI is InChI=1S/C24H27NO3S/c26-21(25-23(20-7-4-8-29-20)17-5-2-1-3-6-17)14-28-24(27)22-18-10-15-9-16(12-18)13-19(22)11-15/h1-8,15-16,18-19,22-23H,9-14H2,(H,25,26)/t15?,16?,18?,19?,22?,23-/m0/s1. The van der Waals surface area contributed by atoms with Crippen LogP contribution in [0.2, 0.25) is 0 Å². The number of esters is 1. The number of benzene rings is 1. The largest absolute Gasteiger partial charge is 0.455 e. The zero-order valence-electron chi connectivity index (χ0n) is 16.5. The van der Waals surface area contributed by atoms with E-state index in [1.807, 2.05) is 47.8 Å². The van der Waals surface area contributed by atoms with E-state index < -0.39 is 0 Å². The van der Waals surface area contributed by atoms with Gasteiger partial charge in [-0.05, 0) is 72.8 Å². The lowest BCUT2D eigenvalue weighted by molar-refractivity contribution is -0.164. The number of ether oxygens (including phenoxy) is 1. The Labute approximate surface area is 175 Å². The van der Waals surface area contributed by atoms with Crippen LogP contribution in [0.4, 0.5) is 0 Å². The highest BCUT2D eigenvalue weighted by Gasteiger charge is 2.51. The first kappa shape index (κ1) is 18.9. The molecule has 1 N–H and O–H groups in total. The number of amides is 1. The summed E-state index contributed by atoms with van der Waals surface area (Å²) in [6.45, 7) is -0.198. The summed E-state index contributed by atoms with van der Waals surface area (Å²) in [6, 6.07) is 13.7. The average Bonchev–Trinajstić information content (AvgIpc) is 3.25. The summed E-state index contributed by atoms with van der Waals surface area (Å²) in [5.74, 6) is 2.21. The number of carbonyl (C=O) groups excluding carboxylic acids is 2. The average molecular weight is 410 g/mol. The molecule has 0 saturated heterocycles. The van der Waals surface area contributed by atoms with E-state index in [1.54, 1.807) is 11.3 Å². The first-order chi connectivity index (χ1) is 14.2. The second-order valence-electron chi connectivity index (χ2n) is 8.99. The quantitative estimate of drug-likeness (QED) is 0.711. The highest BCUT2D eigenvalue weighted by molar-refractivity contribution is 7.10. The minimum absolute atomic E-state index is 0.0119. The highest BCUT2D eigenvalue weighted by atomic mass is 32.1. The van der Waals surface area contributed by atoms with Crippen molar-refractivity contribution in [1.29, 1.82) is 0 Å². The normalized spacial score (nSPS) is 30.7. The van der Waals surface area contributed by atoms with Crippen LogP contribution in [0, 0.1) is 29.6 Å². The number of nitrogens with one attached hydrogen (secondary N) is 1. The van der Waals surface area contributed by atoms with Crippen molar-refractivity contribution in [2.75, 3.05) is 6.61 Å². The van der Waals surface area contributed by atoms with Crippen molar-refractivity contribution in [3.8, 4) is 0 Å². The van der Waals surface area contributed by atoms with Gasteiger partial charge in [0.2, 0.25) is 0 Å². The highest BCUT2D eigenvalue weighted by Crippen LogP contribution is 2.56. The molecule has 1 aromatic carbocycles. The molecule has 0 spiro atoms. The second kappa shape index (κ2) is 7.94. The number of rotatable bonds is 6. The number of hydrogen-bond acceptors (Lipinski definition) is 4. The first-order valence-corrected chi connectivity index (χ1v) is 11.6. The third-order valence-corrected chi connectivity index (χ3v) is 8.05. The van der Waals surface area contributed by atoms with Gasteiger partial charge in [0.05, 0.1) is 12.0 Å². The fourth-order valence-electron chi connectivity index (χ4n) is 6.17. The van der Waals surface area contributed by atoms with Crippen molar-refractivity contribution < 1.29 is 14.3 Å². The van der Waals surface area contributed by atoms with Crippen molar-refractivity contribution in [2.45, 2.75) is 38.1 Å². The maximum Gasteiger partial charge on any atom is 0.310 e. The molecule has 4 bridgehead atoms. The molecule has 0 unspecified atom stereocenters. The van der Waals surface area contributed by atoms with Crippen LogP contribution in [0.5, 0.6) is 0 Å². The Morgan fingerprint density at radius 1 is 0.966 bits per heavy atom. The molecule has 0 radical (unpaired) electrons. The van der Waals surface area contributed by atoms with Gasteiger partial charge in [0.25, 0.3) is 5.91 Å². The zero-order chi connectivity index (χ0) is 19.8. The lowest BCUT2D eigenvalue weighted by Crippen LogP contribution is -2.48. The molecule has 1 aromatic heterocycles. The van der Waals surface area contributed by atoms with Gasteiger partial charge in [0.15, 0.2) is 6.61 Å². The predicted molar refractivity (Wildman–Crippen MR) is 112 cm³/mol. The summed E-state index contributed by atoms with van der Waals surface area (Å²) in [7, 11) is 0. The third-order valence-electron chi connectivity index (χ3n) is 7.11. The van der Waals surface area contributed by atoms with Crippen LogP contribution in [0.3, 0.4) is 0 Å². The van der Waals surface area contributed by atoms with Crippen LogP contribution in [0.1, 0.15) is 48.6 Å². The zero-order valence-corrected chi connectivity index (χ0v) is 17.3. The van der Waals surface area contributed by atoms with Crippen LogP contribution >= 0.6 is 11.3 Å². The molecule has 1 heterocycles. The SMILES string of the molecule is O=C(COC(=O)C1C2CC3CC(C2)CC1C3)N[C@@H](c1ccccc1)c1cccs1. The topological polar surface area (TPSA) is 55.4 Å². The molecule has 4 aliphatic carbocycles. The fourth-order valence-corrected chi connectivity index (χ4v) is 6.97. The molecule has 4 aliphatic rings. The second-order valence-corrected chi connectivity index (χ2v) is 9.97. The molecule has 2 aromatic rings. The van der Waals surface area contributed by atoms with Gasteiger partial charge in [-0.1, -0.05) is 36.4 Å². The molecule has 29 heavy (non-hydrogen) atoms. The van der Waals surface area contributed by atoms with E-state index >= 15 is 0 Å². The van der Waals surface area contributed by atoms with Gasteiger partial charge < -0.3 is 10.1 Å². The van der Waals surface area contributed by atoms with Crippen molar-refractivity contribution >= 4 is 23.2 Å². The molecule has 1 atom stereocenters. The van der Waals surface area contributed by atoms with Crippen LogP contribution < -0.4 is 5.32 Å². The van der Waals surface area contributed by atoms with Gasteiger partial charge in [-0.25, -0.2) is 0 Å². The minimum atomic E-state index is -0.246. The summed E-state index contributed by atoms with van der Waals surface area (Å²) in [5.41, 5.74) is 1.02. The van der Waals surface area contributed by atoms with Crippen LogP contribution in [0.15, 0.2) is 47.8 Å². The molecule has 6 rings (SSSR count). The van der Waals surface area contributed by atoms with E-state index in [0.717, 1.165) is 22.3 Å². The van der Waals surface area contributed by atoms with Crippen LogP contribution in [0.25, 0.3) is 0 Å². The van der Waals surface area contributed by atoms with E-state index in [1.165, 1.54) is 32.1 Å². The van der Waals surface area contributed by atoms with Gasteiger partial charge in [-0.15, -0.1) is 11.3 Å². The van der Waals surface area contributed by atoms with Crippen molar-refractivity contribution in [1.82, 2.24) is 5.32 Å². The molecule has 4 fully saturated rings. The number of carbonyl (C=O) groups is 2. The van der Waals surface area contributed by atoms with E-state index in [2.05, 4.69) is 5.32 Å². The third kappa shape index (κ3) is 3.85. The van der Waals surface area contributed by atoms with E-state index in [0.29, 0.717) is 11.8 Å². The Hall–Kier alpha value is -2.14. The summed E-state index contributed by atoms with van der Waals surface area (Å²) >= 11 is 1.61. The molecular weight excluding hydrogens is 382 g/mol. The van der Waals surface area contributed by atoms with Crippen molar-refractivity contribution in [2.24, 2.45) is 29.6 Å². The first-order valence-electron chi connectivity index (χ1n) is 10.7.